The second-order valence-corrected chi connectivity index (χ2v) is 10.1. The first-order chi connectivity index (χ1) is 19.9. The molecule has 5 rings (SSSR count). The molecule has 0 unspecified atom stereocenters. The first-order valence-corrected chi connectivity index (χ1v) is 12.9. The van der Waals surface area contributed by atoms with E-state index in [1.807, 2.05) is 0 Å². The van der Waals surface area contributed by atoms with Crippen LogP contribution in [-0.2, 0) is 14.2 Å². The molecule has 2 aliphatic rings. The van der Waals surface area contributed by atoms with E-state index in [9.17, 15) is 50.8 Å². The highest BCUT2D eigenvalue weighted by Crippen LogP contribution is 2.36. The van der Waals surface area contributed by atoms with Crippen LogP contribution in [0.1, 0.15) is 6.92 Å². The van der Waals surface area contributed by atoms with Gasteiger partial charge in [0, 0.05) is 23.8 Å². The Morgan fingerprint density at radius 2 is 1.52 bits per heavy atom. The quantitative estimate of drug-likeness (QED) is 0.149. The van der Waals surface area contributed by atoms with Gasteiger partial charge in [0.25, 0.3) is 0 Å². The Labute approximate surface area is 236 Å². The van der Waals surface area contributed by atoms with E-state index in [0.717, 1.165) is 18.2 Å². The maximum absolute atomic E-state index is 12.8. The van der Waals surface area contributed by atoms with Crippen LogP contribution in [0, 0.1) is 0 Å². The molecule has 1 aromatic heterocycles. The number of hydrogen-bond acceptors (Lipinski definition) is 15. The molecule has 15 nitrogen and oxygen atoms in total. The number of phenolic OH excluding ortho intramolecular Hbond substituents is 3. The average molecular weight is 595 g/mol. The van der Waals surface area contributed by atoms with Crippen LogP contribution in [-0.4, -0.2) is 114 Å². The summed E-state index contributed by atoms with van der Waals surface area (Å²) in [5.74, 6) is -1.60. The van der Waals surface area contributed by atoms with Gasteiger partial charge in [0.05, 0.1) is 12.7 Å². The van der Waals surface area contributed by atoms with E-state index in [0.29, 0.717) is 0 Å². The van der Waals surface area contributed by atoms with Crippen LogP contribution in [0.2, 0.25) is 0 Å². The molecule has 228 valence electrons. The van der Waals surface area contributed by atoms with Gasteiger partial charge in [-0.1, -0.05) is 0 Å². The number of aliphatic hydroxyl groups excluding tert-OH is 6. The molecule has 0 saturated carbocycles. The van der Waals surface area contributed by atoms with E-state index in [1.54, 1.807) is 0 Å². The smallest absolute Gasteiger partial charge is 0.229 e. The molecule has 0 radical (unpaired) electrons. The molecule has 0 bridgehead atoms. The zero-order valence-electron chi connectivity index (χ0n) is 21.9. The molecule has 2 aliphatic heterocycles. The fourth-order valence-corrected chi connectivity index (χ4v) is 4.84. The number of aromatic hydroxyl groups is 3. The fraction of sp³-hybridized carbons (Fsp3) is 0.444. The average Bonchev–Trinajstić information content (AvgIpc) is 2.95. The predicted molar refractivity (Wildman–Crippen MR) is 139 cm³/mol. The van der Waals surface area contributed by atoms with Gasteiger partial charge in [0.2, 0.25) is 6.29 Å². The second-order valence-electron chi connectivity index (χ2n) is 10.1. The Kier molecular flexibility index (Phi) is 8.30. The number of phenols is 3. The Morgan fingerprint density at radius 3 is 2.21 bits per heavy atom. The van der Waals surface area contributed by atoms with Crippen LogP contribution >= 0.6 is 0 Å². The maximum Gasteiger partial charge on any atom is 0.229 e. The van der Waals surface area contributed by atoms with Crippen LogP contribution in [0.3, 0.4) is 0 Å². The lowest BCUT2D eigenvalue weighted by Gasteiger charge is -2.45. The predicted octanol–water partition coefficient (Wildman–Crippen LogP) is -1.39. The summed E-state index contributed by atoms with van der Waals surface area (Å²) in [7, 11) is 0. The maximum atomic E-state index is 12.8. The van der Waals surface area contributed by atoms with E-state index in [-0.39, 0.29) is 33.8 Å². The minimum Gasteiger partial charge on any atom is -0.507 e. The van der Waals surface area contributed by atoms with Crippen LogP contribution in [0.15, 0.2) is 45.6 Å². The van der Waals surface area contributed by atoms with Crippen molar-refractivity contribution in [3.05, 3.63) is 46.6 Å². The fourth-order valence-electron chi connectivity index (χ4n) is 4.84. The Morgan fingerprint density at radius 1 is 0.786 bits per heavy atom. The van der Waals surface area contributed by atoms with Gasteiger partial charge < -0.3 is 69.3 Å². The number of rotatable bonds is 6. The summed E-state index contributed by atoms with van der Waals surface area (Å²) < 4.78 is 28.3. The van der Waals surface area contributed by atoms with Crippen molar-refractivity contribution >= 4 is 11.0 Å². The number of fused-ring (bicyclic) bond motifs is 1. The lowest BCUT2D eigenvalue weighted by Crippen LogP contribution is -2.64. The molecule has 42 heavy (non-hydrogen) atoms. The number of aliphatic hydroxyl groups is 6. The Bertz CT molecular complexity index is 1490. The van der Waals surface area contributed by atoms with Crippen LogP contribution < -0.4 is 10.2 Å². The van der Waals surface area contributed by atoms with Gasteiger partial charge in [-0.25, -0.2) is 0 Å². The lowest BCUT2D eigenvalue weighted by atomic mass is 9.97. The van der Waals surface area contributed by atoms with E-state index in [1.165, 1.54) is 25.1 Å². The summed E-state index contributed by atoms with van der Waals surface area (Å²) in [5.41, 5.74) is -0.575. The highest BCUT2D eigenvalue weighted by molar-refractivity contribution is 5.86. The van der Waals surface area contributed by atoms with Gasteiger partial charge in [-0.05, 0) is 25.1 Å². The third kappa shape index (κ3) is 5.49. The first-order valence-electron chi connectivity index (χ1n) is 12.9. The van der Waals surface area contributed by atoms with Crippen molar-refractivity contribution in [1.82, 2.24) is 0 Å². The normalized spacial score (nSPS) is 33.5. The first kappa shape index (κ1) is 30.0. The monoisotopic (exact) mass is 594 g/mol. The van der Waals surface area contributed by atoms with Crippen molar-refractivity contribution in [2.24, 2.45) is 0 Å². The van der Waals surface area contributed by atoms with E-state index < -0.39 is 84.9 Å². The van der Waals surface area contributed by atoms with Crippen LogP contribution in [0.5, 0.6) is 23.0 Å². The third-order valence-corrected chi connectivity index (χ3v) is 7.22. The zero-order valence-corrected chi connectivity index (χ0v) is 21.9. The highest BCUT2D eigenvalue weighted by atomic mass is 16.8. The van der Waals surface area contributed by atoms with Crippen molar-refractivity contribution in [2.75, 3.05) is 6.61 Å². The molecule has 3 heterocycles. The van der Waals surface area contributed by atoms with Crippen molar-refractivity contribution in [3.8, 4) is 34.3 Å². The van der Waals surface area contributed by atoms with Crippen molar-refractivity contribution < 1.29 is 69.3 Å². The number of hydrogen-bond donors (Lipinski definition) is 9. The summed E-state index contributed by atoms with van der Waals surface area (Å²) in [5, 5.41) is 91.2. The molecule has 0 amide bonds. The van der Waals surface area contributed by atoms with E-state index in [2.05, 4.69) is 0 Å². The summed E-state index contributed by atoms with van der Waals surface area (Å²) >= 11 is 0. The SMILES string of the molecule is C[C@H]1O[C@@H](O[C@@H]2[C@@H](Oc3cc(O)c4c(=O)cc(-c5ccc(O)c(O)c5)oc4c3)O[C@@H](CO)[C@@H](O)[C@@H]2O)[C@H](O)[C@H](O)[C@H]1O. The summed E-state index contributed by atoms with van der Waals surface area (Å²) in [6, 6.07) is 7.08. The van der Waals surface area contributed by atoms with Gasteiger partial charge >= 0.3 is 0 Å². The van der Waals surface area contributed by atoms with Crippen molar-refractivity contribution in [1.29, 1.82) is 0 Å². The molecular formula is C27H30O15. The highest BCUT2D eigenvalue weighted by Gasteiger charge is 2.50. The molecule has 2 aromatic carbocycles. The lowest BCUT2D eigenvalue weighted by molar-refractivity contribution is -0.354. The molecule has 0 spiro atoms. The third-order valence-electron chi connectivity index (χ3n) is 7.22. The molecule has 0 aliphatic carbocycles. The second kappa shape index (κ2) is 11.6. The van der Waals surface area contributed by atoms with Gasteiger partial charge in [-0.2, -0.15) is 0 Å². The van der Waals surface area contributed by atoms with Gasteiger partial charge in [-0.3, -0.25) is 4.79 Å². The molecule has 2 saturated heterocycles. The molecular weight excluding hydrogens is 564 g/mol. The summed E-state index contributed by atoms with van der Waals surface area (Å²) in [4.78, 5) is 12.8. The Balaban J connectivity index is 1.48. The van der Waals surface area contributed by atoms with Crippen molar-refractivity contribution in [3.63, 3.8) is 0 Å². The minimum absolute atomic E-state index is 0.0216. The Hall–Kier alpha value is -3.51. The van der Waals surface area contributed by atoms with Crippen LogP contribution in [0.25, 0.3) is 22.3 Å². The minimum atomic E-state index is -1.78. The molecule has 15 heteroatoms. The molecule has 9 N–H and O–H groups in total. The number of benzene rings is 2. The summed E-state index contributed by atoms with van der Waals surface area (Å²) in [6.45, 7) is 0.671. The van der Waals surface area contributed by atoms with Gasteiger partial charge in [0.15, 0.2) is 29.3 Å². The largest absolute Gasteiger partial charge is 0.507 e. The van der Waals surface area contributed by atoms with Crippen LogP contribution in [0.4, 0.5) is 0 Å². The zero-order chi connectivity index (χ0) is 30.5. The van der Waals surface area contributed by atoms with E-state index >= 15 is 0 Å². The van der Waals surface area contributed by atoms with Gasteiger partial charge in [-0.15, -0.1) is 0 Å². The standard InChI is InChI=1S/C27H30O15/c1-9-20(33)22(35)24(37)26(38-9)42-25-23(36)21(34)18(8-28)41-27(25)39-11-5-14(31)19-15(32)7-16(40-17(19)6-11)10-2-3-12(29)13(30)4-10/h2-7,9,18,20-31,33-37H,8H2,1H3/t9-,18+,20+,21-,22-,23+,24-,25+,26+,27+/m1/s1. The number of ether oxygens (including phenoxy) is 4. The van der Waals surface area contributed by atoms with E-state index in [4.69, 9.17) is 23.4 Å². The summed E-state index contributed by atoms with van der Waals surface area (Å²) in [6.07, 6.45) is -15.5. The van der Waals surface area contributed by atoms with Crippen molar-refractivity contribution in [2.45, 2.75) is 68.3 Å². The molecule has 2 fully saturated rings. The topological polar surface area (TPSA) is 249 Å². The van der Waals surface area contributed by atoms with Gasteiger partial charge in [0.1, 0.15) is 64.9 Å². The molecule has 10 atom stereocenters. The molecule has 3 aromatic rings.